The lowest BCUT2D eigenvalue weighted by atomic mass is 9.96. The van der Waals surface area contributed by atoms with Crippen LogP contribution in [0.2, 0.25) is 5.02 Å². The van der Waals surface area contributed by atoms with E-state index in [1.54, 1.807) is 29.2 Å². The summed E-state index contributed by atoms with van der Waals surface area (Å²) in [6, 6.07) is 2.03. The van der Waals surface area contributed by atoms with Gasteiger partial charge in [-0.2, -0.15) is 0 Å². The summed E-state index contributed by atoms with van der Waals surface area (Å²) in [5.41, 5.74) is -3.79. The number of benzene rings is 1. The summed E-state index contributed by atoms with van der Waals surface area (Å²) in [5.74, 6) is -5.54. The van der Waals surface area contributed by atoms with E-state index in [9.17, 15) is 47.9 Å². The zero-order valence-corrected chi connectivity index (χ0v) is 55.0. The summed E-state index contributed by atoms with van der Waals surface area (Å²) >= 11 is 6.26. The first-order valence-electron chi connectivity index (χ1n) is 30.8. The van der Waals surface area contributed by atoms with Crippen LogP contribution in [0.25, 0.3) is 10.9 Å². The maximum absolute atomic E-state index is 14.8. The molecule has 0 radical (unpaired) electrons. The van der Waals surface area contributed by atoms with E-state index >= 15 is 0 Å². The third-order valence-corrected chi connectivity index (χ3v) is 15.3. The average molecular weight is 1220 g/mol. The number of fused-ring (bicyclic) bond motifs is 1. The lowest BCUT2D eigenvalue weighted by Crippen LogP contribution is -2.65. The molecule has 1 aromatic heterocycles. The third kappa shape index (κ3) is 23.4. The molecule has 482 valence electrons. The monoisotopic (exact) mass is 1220 g/mol. The van der Waals surface area contributed by atoms with Crippen LogP contribution in [0.5, 0.6) is 0 Å². The highest BCUT2D eigenvalue weighted by Gasteiger charge is 2.43. The Morgan fingerprint density at radius 3 is 1.77 bits per heavy atom. The molecule has 0 spiro atoms. The average Bonchev–Trinajstić information content (AvgIpc) is 2.13. The lowest BCUT2D eigenvalue weighted by Gasteiger charge is -2.38. The molecule has 86 heavy (non-hydrogen) atoms. The molecule has 1 aliphatic heterocycles. The molecule has 0 unspecified atom stereocenters. The smallest absolute Gasteiger partial charge is 0.256 e. The van der Waals surface area contributed by atoms with Gasteiger partial charge < -0.3 is 57.2 Å². The predicted molar refractivity (Wildman–Crippen MR) is 335 cm³/mol. The highest BCUT2D eigenvalue weighted by molar-refractivity contribution is 6.31. The summed E-state index contributed by atoms with van der Waals surface area (Å²) in [6.45, 7) is 25.1. The van der Waals surface area contributed by atoms with Crippen molar-refractivity contribution < 1.29 is 47.9 Å². The zero-order chi connectivity index (χ0) is 64.9. The lowest BCUT2D eigenvalue weighted by molar-refractivity contribution is -0.140. The number of nitrogens with zero attached hydrogens (tertiary/aromatic N) is 4. The van der Waals surface area contributed by atoms with Crippen LogP contribution in [0.15, 0.2) is 30.5 Å². The van der Waals surface area contributed by atoms with Gasteiger partial charge in [-0.1, -0.05) is 105 Å². The topological polar surface area (TPSA) is 290 Å². The van der Waals surface area contributed by atoms with Gasteiger partial charge >= 0.3 is 0 Å². The Morgan fingerprint density at radius 2 is 1.21 bits per heavy atom. The minimum absolute atomic E-state index is 0.0242. The summed E-state index contributed by atoms with van der Waals surface area (Å²) in [5, 5.41) is 23.4. The number of halogens is 1. The van der Waals surface area contributed by atoms with E-state index in [4.69, 9.17) is 11.6 Å². The van der Waals surface area contributed by atoms with Gasteiger partial charge in [0, 0.05) is 48.7 Å². The van der Waals surface area contributed by atoms with Crippen molar-refractivity contribution in [3.63, 3.8) is 0 Å². The van der Waals surface area contributed by atoms with Gasteiger partial charge in [-0.05, 0) is 137 Å². The second kappa shape index (κ2) is 34.2. The van der Waals surface area contributed by atoms with Crippen LogP contribution in [0, 0.1) is 17.8 Å². The first kappa shape index (κ1) is 73.8. The van der Waals surface area contributed by atoms with Gasteiger partial charge in [-0.15, -0.1) is 0 Å². The van der Waals surface area contributed by atoms with Crippen molar-refractivity contribution in [1.82, 2.24) is 62.2 Å². The van der Waals surface area contributed by atoms with Gasteiger partial charge in [-0.3, -0.25) is 52.9 Å². The molecule has 10 amide bonds. The number of unbranched alkanes of at least 4 members (excludes halogenated alkanes) is 5. The number of hydrogen-bond donors (Lipinski definition) is 8. The van der Waals surface area contributed by atoms with E-state index in [2.05, 4.69) is 54.4 Å². The van der Waals surface area contributed by atoms with Crippen LogP contribution >= 0.6 is 11.6 Å². The number of nitrogens with one attached hydrogen (secondary N) is 8. The second-order valence-corrected chi connectivity index (χ2v) is 26.8. The van der Waals surface area contributed by atoms with Crippen LogP contribution in [0.1, 0.15) is 191 Å². The molecule has 8 N–H and O–H groups in total. The van der Waals surface area contributed by atoms with Crippen LogP contribution in [0.3, 0.4) is 0 Å². The number of rotatable bonds is 36. The molecule has 0 aliphatic carbocycles. The quantitative estimate of drug-likeness (QED) is 0.0293. The number of carbonyl (C=O) groups excluding carboxylic acids is 10. The zero-order valence-electron chi connectivity index (χ0n) is 54.2. The van der Waals surface area contributed by atoms with Crippen molar-refractivity contribution >= 4 is 82.1 Å². The van der Waals surface area contributed by atoms with E-state index in [1.165, 1.54) is 52.6 Å². The summed E-state index contributed by atoms with van der Waals surface area (Å²) in [4.78, 5) is 149. The molecule has 2 aromatic rings. The maximum Gasteiger partial charge on any atom is 0.256 e. The number of likely N-dealkylation sites (tertiary alicyclic amines) is 1. The maximum atomic E-state index is 14.8. The van der Waals surface area contributed by atoms with Crippen LogP contribution in [0.4, 0.5) is 0 Å². The molecule has 6 atom stereocenters. The molecule has 1 aromatic carbocycles. The summed E-state index contributed by atoms with van der Waals surface area (Å²) < 4.78 is 0. The van der Waals surface area contributed by atoms with Crippen LogP contribution < -0.4 is 42.5 Å². The van der Waals surface area contributed by atoms with Crippen LogP contribution in [-0.4, -0.2) is 166 Å². The Balaban J connectivity index is 1.80. The van der Waals surface area contributed by atoms with Gasteiger partial charge in [0.25, 0.3) is 5.91 Å². The first-order valence-corrected chi connectivity index (χ1v) is 31.2. The number of aromatic nitrogens is 1. The van der Waals surface area contributed by atoms with Gasteiger partial charge in [-0.25, -0.2) is 0 Å². The molecule has 0 saturated carbocycles. The van der Waals surface area contributed by atoms with E-state index in [0.29, 0.717) is 60.3 Å². The molecule has 3 rings (SSSR count). The standard InChI is InChI=1S/C63H103ClN12O10/c1-17-18-19-20-21-22-24-50(76(38-77)52-25-23-32-75(52)57(83)45-28-30-65-46-36-43(64)26-27-44(45)46)56(82)69-49(35-41(6)7)55(81)71-62(11,12)59(85)70-47(33-39(2)3)53(79)68-48(34-40(4)5)54(80)72-63(13,14)60(86)73-61(9,10)58(84)66-31-29-51(78)67-42(8)37-74(15)16/h26-28,30,36,38-42,47-50,52H,17-25,29,31-35,37H2,1-16H3,(H,66,84)(H,67,78)(H,68,79)(H,69,82)(H,70,85)(H,71,81)(H,72,80)(H,73,86)/t42-,47-,48-,49-,50-,52+/m0/s1. The molecule has 1 fully saturated rings. The Morgan fingerprint density at radius 1 is 0.674 bits per heavy atom. The minimum Gasteiger partial charge on any atom is -0.354 e. The fraction of sp³-hybridized carbons (Fsp3) is 0.698. The molecular formula is C63H103ClN12O10. The third-order valence-electron chi connectivity index (χ3n) is 15.1. The van der Waals surface area contributed by atoms with E-state index in [0.717, 1.165) is 32.1 Å². The predicted octanol–water partition coefficient (Wildman–Crippen LogP) is 5.88. The molecule has 22 nitrogen and oxygen atoms in total. The Hall–Kier alpha value is -6.42. The highest BCUT2D eigenvalue weighted by atomic mass is 35.5. The Bertz CT molecular complexity index is 2640. The Kier molecular flexibility index (Phi) is 29.4. The number of pyridine rings is 1. The van der Waals surface area contributed by atoms with Gasteiger partial charge in [0.05, 0.1) is 11.1 Å². The van der Waals surface area contributed by atoms with E-state index < -0.39 is 88.3 Å². The van der Waals surface area contributed by atoms with E-state index in [-0.39, 0.29) is 74.3 Å². The number of amides is 10. The molecular weight excluding hydrogens is 1120 g/mol. The van der Waals surface area contributed by atoms with Crippen molar-refractivity contribution in [3.05, 3.63) is 41.0 Å². The number of carbonyl (C=O) groups is 10. The van der Waals surface area contributed by atoms with Gasteiger partial charge in [0.15, 0.2) is 0 Å². The largest absolute Gasteiger partial charge is 0.354 e. The van der Waals surface area contributed by atoms with Crippen molar-refractivity contribution in [3.8, 4) is 0 Å². The number of likely N-dealkylation sites (N-methyl/N-ethyl adjacent to an activating group) is 1. The van der Waals surface area contributed by atoms with Gasteiger partial charge in [0.2, 0.25) is 53.7 Å². The SMILES string of the molecule is CCCCCCCC[C@@H](C(=O)N[C@@H](CC(C)C)C(=O)NC(C)(C)C(=O)N[C@@H](CC(C)C)C(=O)N[C@@H](CC(C)C)C(=O)NC(C)(C)C(=O)NC(C)(C)C(=O)NCCC(=O)N[C@@H](C)CN(C)C)N(C=O)[C@@H]1CCCN1C(=O)c1ccnc2cc(Cl)ccc12. The summed E-state index contributed by atoms with van der Waals surface area (Å²) in [7, 11) is 3.79. The van der Waals surface area contributed by atoms with Gasteiger partial charge in [0.1, 0.15) is 46.9 Å². The van der Waals surface area contributed by atoms with Crippen molar-refractivity contribution in [2.75, 3.05) is 33.7 Å². The molecule has 23 heteroatoms. The fourth-order valence-electron chi connectivity index (χ4n) is 10.5. The molecule has 2 heterocycles. The highest BCUT2D eigenvalue weighted by Crippen LogP contribution is 2.29. The molecule has 1 aliphatic rings. The first-order chi connectivity index (χ1) is 40.1. The normalized spacial score (nSPS) is 15.5. The fourth-order valence-corrected chi connectivity index (χ4v) is 10.6. The van der Waals surface area contributed by atoms with Crippen molar-refractivity contribution in [1.29, 1.82) is 0 Å². The Labute approximate surface area is 516 Å². The second-order valence-electron chi connectivity index (χ2n) is 26.3. The van der Waals surface area contributed by atoms with Crippen molar-refractivity contribution in [2.45, 2.75) is 233 Å². The summed E-state index contributed by atoms with van der Waals surface area (Å²) in [6.07, 6.45) is 8.60. The number of hydrogen-bond acceptors (Lipinski definition) is 12. The van der Waals surface area contributed by atoms with Crippen LogP contribution in [-0.2, 0) is 43.2 Å². The van der Waals surface area contributed by atoms with E-state index in [1.807, 2.05) is 67.5 Å². The molecule has 0 bridgehead atoms. The minimum atomic E-state index is -1.66. The van der Waals surface area contributed by atoms with Crippen molar-refractivity contribution in [2.24, 2.45) is 17.8 Å². The molecule has 1 saturated heterocycles.